The van der Waals surface area contributed by atoms with Crippen LogP contribution in [0.1, 0.15) is 18.3 Å². The number of ether oxygens (including phenoxy) is 3. The second-order valence-corrected chi connectivity index (χ2v) is 6.28. The van der Waals surface area contributed by atoms with Crippen molar-refractivity contribution in [2.24, 2.45) is 0 Å². The van der Waals surface area contributed by atoms with Crippen molar-refractivity contribution in [1.82, 2.24) is 15.3 Å². The quantitative estimate of drug-likeness (QED) is 0.543. The van der Waals surface area contributed by atoms with E-state index in [9.17, 15) is 4.79 Å². The molecule has 3 rings (SSSR count). The Morgan fingerprint density at radius 1 is 1.14 bits per heavy atom. The molecule has 0 aliphatic heterocycles. The summed E-state index contributed by atoms with van der Waals surface area (Å²) < 4.78 is 16.0. The van der Waals surface area contributed by atoms with E-state index >= 15 is 0 Å². The number of fused-ring (bicyclic) bond motifs is 1. The largest absolute Gasteiger partial charge is 0.497 e. The van der Waals surface area contributed by atoms with Crippen LogP contribution in [0.4, 0.5) is 0 Å². The van der Waals surface area contributed by atoms with Crippen molar-refractivity contribution in [2.75, 3.05) is 27.4 Å². The smallest absolute Gasteiger partial charge is 0.244 e. The molecule has 0 fully saturated rings. The number of rotatable bonds is 9. The molecule has 3 aromatic rings. The van der Waals surface area contributed by atoms with Gasteiger partial charge in [0.2, 0.25) is 5.91 Å². The molecule has 0 saturated carbocycles. The Balaban J connectivity index is 1.53. The number of methoxy groups -OCH3 is 2. The zero-order valence-electron chi connectivity index (χ0n) is 16.8. The highest BCUT2D eigenvalue weighted by Gasteiger charge is 2.06. The van der Waals surface area contributed by atoms with E-state index in [-0.39, 0.29) is 5.91 Å². The molecule has 0 atom stereocenters. The van der Waals surface area contributed by atoms with Crippen LogP contribution in [-0.2, 0) is 11.2 Å². The number of nitrogens with one attached hydrogen (secondary N) is 2. The number of carbonyl (C=O) groups is 1. The van der Waals surface area contributed by atoms with Crippen LogP contribution >= 0.6 is 0 Å². The van der Waals surface area contributed by atoms with E-state index in [4.69, 9.17) is 14.2 Å². The van der Waals surface area contributed by atoms with E-state index in [0.717, 1.165) is 28.2 Å². The molecule has 0 radical (unpaired) electrons. The van der Waals surface area contributed by atoms with E-state index in [2.05, 4.69) is 15.3 Å². The number of amides is 1. The molecule has 2 N–H and O–H groups in total. The molecule has 0 unspecified atom stereocenters. The van der Waals surface area contributed by atoms with Gasteiger partial charge in [-0.25, -0.2) is 4.98 Å². The second kappa shape index (κ2) is 9.64. The fourth-order valence-corrected chi connectivity index (χ4v) is 2.88. The van der Waals surface area contributed by atoms with Crippen molar-refractivity contribution in [3.8, 4) is 17.2 Å². The molecular formula is C22H25N3O4. The summed E-state index contributed by atoms with van der Waals surface area (Å²) in [5, 5.41) is 2.86. The molecule has 7 heteroatoms. The van der Waals surface area contributed by atoms with Gasteiger partial charge >= 0.3 is 0 Å². The lowest BCUT2D eigenvalue weighted by molar-refractivity contribution is -0.116. The maximum absolute atomic E-state index is 12.1. The molecule has 1 amide bonds. The first-order valence-electron chi connectivity index (χ1n) is 9.42. The Labute approximate surface area is 169 Å². The van der Waals surface area contributed by atoms with E-state index in [1.165, 1.54) is 6.08 Å². The van der Waals surface area contributed by atoms with Gasteiger partial charge in [-0.05, 0) is 42.8 Å². The fourth-order valence-electron chi connectivity index (χ4n) is 2.88. The van der Waals surface area contributed by atoms with Gasteiger partial charge in [0, 0.05) is 25.1 Å². The first-order chi connectivity index (χ1) is 14.1. The highest BCUT2D eigenvalue weighted by molar-refractivity contribution is 5.91. The molecule has 0 spiro atoms. The minimum atomic E-state index is -0.171. The average Bonchev–Trinajstić information content (AvgIpc) is 3.14. The number of aromatic amines is 1. The monoisotopic (exact) mass is 395 g/mol. The summed E-state index contributed by atoms with van der Waals surface area (Å²) in [4.78, 5) is 19.8. The molecule has 0 aliphatic rings. The maximum Gasteiger partial charge on any atom is 0.244 e. The van der Waals surface area contributed by atoms with Crippen molar-refractivity contribution >= 4 is 23.0 Å². The minimum absolute atomic E-state index is 0.171. The minimum Gasteiger partial charge on any atom is -0.497 e. The standard InChI is InChI=1S/C22H25N3O4/c1-4-29-19-9-5-15(13-20(19)28-3)6-10-22(26)23-12-11-21-24-17-8-7-16(27-2)14-18(17)25-21/h5-10,13-14H,4,11-12H2,1-3H3,(H,23,26)(H,24,25)/b10-6+. The first kappa shape index (κ1) is 20.3. The number of benzene rings is 2. The lowest BCUT2D eigenvalue weighted by atomic mass is 10.2. The first-order valence-corrected chi connectivity index (χ1v) is 9.42. The topological polar surface area (TPSA) is 85.5 Å². The van der Waals surface area contributed by atoms with Crippen LogP contribution in [-0.4, -0.2) is 43.2 Å². The van der Waals surface area contributed by atoms with Crippen LogP contribution in [0.15, 0.2) is 42.5 Å². The summed E-state index contributed by atoms with van der Waals surface area (Å²) in [6.45, 7) is 2.96. The van der Waals surface area contributed by atoms with Gasteiger partial charge in [0.25, 0.3) is 0 Å². The average molecular weight is 395 g/mol. The van der Waals surface area contributed by atoms with Crippen molar-refractivity contribution in [1.29, 1.82) is 0 Å². The highest BCUT2D eigenvalue weighted by atomic mass is 16.5. The molecule has 0 saturated heterocycles. The van der Waals surface area contributed by atoms with Gasteiger partial charge in [0.1, 0.15) is 11.6 Å². The van der Waals surface area contributed by atoms with Gasteiger partial charge in [-0.1, -0.05) is 6.07 Å². The predicted molar refractivity (Wildman–Crippen MR) is 113 cm³/mol. The van der Waals surface area contributed by atoms with Gasteiger partial charge in [-0.15, -0.1) is 0 Å². The summed E-state index contributed by atoms with van der Waals surface area (Å²) in [5.41, 5.74) is 2.64. The summed E-state index contributed by atoms with van der Waals surface area (Å²) in [6.07, 6.45) is 3.84. The summed E-state index contributed by atoms with van der Waals surface area (Å²) in [7, 11) is 3.22. The van der Waals surface area contributed by atoms with Gasteiger partial charge in [-0.2, -0.15) is 0 Å². The second-order valence-electron chi connectivity index (χ2n) is 6.28. The molecular weight excluding hydrogens is 370 g/mol. The molecule has 0 aliphatic carbocycles. The number of imidazole rings is 1. The summed E-state index contributed by atoms with van der Waals surface area (Å²) in [5.74, 6) is 2.73. The Bertz CT molecular complexity index is 1010. The predicted octanol–water partition coefficient (Wildman–Crippen LogP) is 3.35. The van der Waals surface area contributed by atoms with Gasteiger partial charge < -0.3 is 24.5 Å². The number of aromatic nitrogens is 2. The molecule has 29 heavy (non-hydrogen) atoms. The third-order valence-corrected chi connectivity index (χ3v) is 4.31. The number of nitrogens with zero attached hydrogens (tertiary/aromatic N) is 1. The number of carbonyl (C=O) groups excluding carboxylic acids is 1. The Morgan fingerprint density at radius 2 is 2.00 bits per heavy atom. The van der Waals surface area contributed by atoms with Crippen molar-refractivity contribution in [3.63, 3.8) is 0 Å². The number of H-pyrrole nitrogens is 1. The van der Waals surface area contributed by atoms with Crippen LogP contribution in [0.5, 0.6) is 17.2 Å². The van der Waals surface area contributed by atoms with Gasteiger partial charge in [0.05, 0.1) is 31.9 Å². The Hall–Kier alpha value is -3.48. The Kier molecular flexibility index (Phi) is 6.73. The summed E-state index contributed by atoms with van der Waals surface area (Å²) in [6, 6.07) is 11.2. The fraction of sp³-hybridized carbons (Fsp3) is 0.273. The van der Waals surface area contributed by atoms with Gasteiger partial charge in [0.15, 0.2) is 11.5 Å². The van der Waals surface area contributed by atoms with Crippen LogP contribution < -0.4 is 19.5 Å². The maximum atomic E-state index is 12.1. The van der Waals surface area contributed by atoms with E-state index in [1.54, 1.807) is 20.3 Å². The van der Waals surface area contributed by atoms with Crippen molar-refractivity contribution in [3.05, 3.63) is 53.9 Å². The van der Waals surface area contributed by atoms with E-state index < -0.39 is 0 Å². The highest BCUT2D eigenvalue weighted by Crippen LogP contribution is 2.28. The van der Waals surface area contributed by atoms with Crippen LogP contribution in [0.2, 0.25) is 0 Å². The lowest BCUT2D eigenvalue weighted by Gasteiger charge is -2.09. The van der Waals surface area contributed by atoms with Crippen LogP contribution in [0, 0.1) is 0 Å². The van der Waals surface area contributed by atoms with E-state index in [1.807, 2.05) is 43.3 Å². The SMILES string of the molecule is CCOc1ccc(/C=C/C(=O)NCCc2nc3ccc(OC)cc3[nH]2)cc1OC. The third kappa shape index (κ3) is 5.28. The molecule has 1 heterocycles. The van der Waals surface area contributed by atoms with Crippen LogP contribution in [0.25, 0.3) is 17.1 Å². The molecule has 7 nitrogen and oxygen atoms in total. The molecule has 2 aromatic carbocycles. The lowest BCUT2D eigenvalue weighted by Crippen LogP contribution is -2.23. The van der Waals surface area contributed by atoms with Crippen LogP contribution in [0.3, 0.4) is 0 Å². The third-order valence-electron chi connectivity index (χ3n) is 4.31. The molecule has 0 bridgehead atoms. The number of hydrogen-bond acceptors (Lipinski definition) is 5. The normalized spacial score (nSPS) is 11.0. The molecule has 152 valence electrons. The zero-order chi connectivity index (χ0) is 20.6. The molecule has 1 aromatic heterocycles. The van der Waals surface area contributed by atoms with Gasteiger partial charge in [-0.3, -0.25) is 4.79 Å². The van der Waals surface area contributed by atoms with E-state index in [0.29, 0.717) is 31.1 Å². The zero-order valence-corrected chi connectivity index (χ0v) is 16.8. The number of hydrogen-bond donors (Lipinski definition) is 2. The van der Waals surface area contributed by atoms with Crippen molar-refractivity contribution < 1.29 is 19.0 Å². The van der Waals surface area contributed by atoms with Crippen molar-refractivity contribution in [2.45, 2.75) is 13.3 Å². The Morgan fingerprint density at radius 3 is 2.76 bits per heavy atom. The summed E-state index contributed by atoms with van der Waals surface area (Å²) >= 11 is 0.